The minimum atomic E-state index is -0.282. The van der Waals surface area contributed by atoms with Crippen LogP contribution in [0.15, 0.2) is 48.7 Å². The van der Waals surface area contributed by atoms with Gasteiger partial charge in [0.05, 0.1) is 18.7 Å². The van der Waals surface area contributed by atoms with Gasteiger partial charge in [-0.05, 0) is 36.2 Å². The molecule has 0 unspecified atom stereocenters. The van der Waals surface area contributed by atoms with Gasteiger partial charge < -0.3 is 19.9 Å². The number of carbonyl (C=O) groups excluding carboxylic acids is 2. The number of H-pyrrole nitrogens is 1. The second kappa shape index (κ2) is 8.80. The summed E-state index contributed by atoms with van der Waals surface area (Å²) in [5, 5.41) is 4.30. The summed E-state index contributed by atoms with van der Waals surface area (Å²) in [6.45, 7) is 1.89. The third-order valence-corrected chi connectivity index (χ3v) is 4.84. The molecule has 2 aromatic carbocycles. The van der Waals surface area contributed by atoms with Crippen molar-refractivity contribution >= 4 is 40.0 Å². The Labute approximate surface area is 168 Å². The van der Waals surface area contributed by atoms with Gasteiger partial charge in [0.2, 0.25) is 11.8 Å². The van der Waals surface area contributed by atoms with Gasteiger partial charge in [-0.1, -0.05) is 29.8 Å². The average Bonchev–Trinajstić information content (AvgIpc) is 3.08. The summed E-state index contributed by atoms with van der Waals surface area (Å²) in [6.07, 6.45) is 2.60. The molecule has 2 amide bonds. The molecule has 0 aliphatic heterocycles. The van der Waals surface area contributed by atoms with E-state index in [2.05, 4.69) is 10.3 Å². The summed E-state index contributed by atoms with van der Waals surface area (Å²) in [4.78, 5) is 29.1. The Morgan fingerprint density at radius 3 is 2.71 bits per heavy atom. The molecule has 0 aliphatic carbocycles. The number of para-hydroxylation sites is 1. The summed E-state index contributed by atoms with van der Waals surface area (Å²) in [6, 6.07) is 13.0. The maximum atomic E-state index is 12.4. The molecular formula is C21H22ClN3O3. The van der Waals surface area contributed by atoms with Gasteiger partial charge in [0.15, 0.2) is 0 Å². The van der Waals surface area contributed by atoms with E-state index in [0.29, 0.717) is 29.4 Å². The quantitative estimate of drug-likeness (QED) is 0.633. The first-order valence-electron chi connectivity index (χ1n) is 8.92. The van der Waals surface area contributed by atoms with Crippen LogP contribution in [0.25, 0.3) is 10.9 Å². The number of aromatic nitrogens is 1. The van der Waals surface area contributed by atoms with Crippen LogP contribution in [-0.4, -0.2) is 41.9 Å². The number of hydrogen-bond donors (Lipinski definition) is 2. The maximum Gasteiger partial charge on any atom is 0.243 e. The van der Waals surface area contributed by atoms with Gasteiger partial charge in [-0.2, -0.15) is 0 Å². The van der Waals surface area contributed by atoms with Crippen LogP contribution in [0.4, 0.5) is 5.69 Å². The van der Waals surface area contributed by atoms with E-state index >= 15 is 0 Å². The number of rotatable bonds is 7. The number of carbonyl (C=O) groups is 2. The molecule has 0 saturated heterocycles. The molecule has 1 heterocycles. The van der Waals surface area contributed by atoms with E-state index in [9.17, 15) is 9.59 Å². The van der Waals surface area contributed by atoms with E-state index in [4.69, 9.17) is 16.3 Å². The molecular weight excluding hydrogens is 378 g/mol. The molecule has 0 spiro atoms. The third kappa shape index (κ3) is 4.64. The standard InChI is InChI=1S/C21H22ClN3O3/c1-14(26)25(10-9-15-12-23-19-6-4-3-5-17(15)19)13-21(27)24-16-7-8-20(28-2)18(22)11-16/h3-8,11-12,23H,9-10,13H2,1-2H3,(H,24,27). The van der Waals surface area contributed by atoms with Gasteiger partial charge in [-0.3, -0.25) is 9.59 Å². The molecule has 0 fully saturated rings. The highest BCUT2D eigenvalue weighted by Gasteiger charge is 2.15. The van der Waals surface area contributed by atoms with Crippen molar-refractivity contribution in [3.8, 4) is 5.75 Å². The van der Waals surface area contributed by atoms with Crippen molar-refractivity contribution in [3.05, 3.63) is 59.2 Å². The fourth-order valence-electron chi connectivity index (χ4n) is 3.06. The number of methoxy groups -OCH3 is 1. The number of halogens is 1. The van der Waals surface area contributed by atoms with Crippen LogP contribution < -0.4 is 10.1 Å². The summed E-state index contributed by atoms with van der Waals surface area (Å²) in [5.41, 5.74) is 2.72. The van der Waals surface area contributed by atoms with E-state index in [-0.39, 0.29) is 18.4 Å². The molecule has 0 bridgehead atoms. The Morgan fingerprint density at radius 1 is 1.21 bits per heavy atom. The molecule has 3 aromatic rings. The zero-order valence-electron chi connectivity index (χ0n) is 15.8. The highest BCUT2D eigenvalue weighted by Crippen LogP contribution is 2.27. The summed E-state index contributed by atoms with van der Waals surface area (Å²) in [5.74, 6) is 0.0990. The lowest BCUT2D eigenvalue weighted by Gasteiger charge is -2.20. The predicted octanol–water partition coefficient (Wildman–Crippen LogP) is 3.86. The van der Waals surface area contributed by atoms with Crippen LogP contribution in [-0.2, 0) is 16.0 Å². The molecule has 0 atom stereocenters. The molecule has 3 rings (SSSR count). The zero-order chi connectivity index (χ0) is 20.1. The number of aromatic amines is 1. The second-order valence-corrected chi connectivity index (χ2v) is 6.85. The summed E-state index contributed by atoms with van der Waals surface area (Å²) < 4.78 is 5.10. The van der Waals surface area contributed by atoms with Crippen LogP contribution in [0.1, 0.15) is 12.5 Å². The van der Waals surface area contributed by atoms with Crippen LogP contribution >= 0.6 is 11.6 Å². The van der Waals surface area contributed by atoms with Crippen molar-refractivity contribution in [2.45, 2.75) is 13.3 Å². The van der Waals surface area contributed by atoms with Crippen LogP contribution in [0, 0.1) is 0 Å². The first kappa shape index (κ1) is 19.8. The molecule has 28 heavy (non-hydrogen) atoms. The smallest absolute Gasteiger partial charge is 0.243 e. The van der Waals surface area contributed by atoms with Crippen LogP contribution in [0.5, 0.6) is 5.75 Å². The van der Waals surface area contributed by atoms with Gasteiger partial charge >= 0.3 is 0 Å². The Kier molecular flexibility index (Phi) is 6.21. The second-order valence-electron chi connectivity index (χ2n) is 6.45. The number of ether oxygens (including phenoxy) is 1. The largest absolute Gasteiger partial charge is 0.495 e. The third-order valence-electron chi connectivity index (χ3n) is 4.54. The first-order valence-corrected chi connectivity index (χ1v) is 9.29. The fraction of sp³-hybridized carbons (Fsp3) is 0.238. The van der Waals surface area contributed by atoms with E-state index in [1.165, 1.54) is 18.9 Å². The zero-order valence-corrected chi connectivity index (χ0v) is 16.5. The van der Waals surface area contributed by atoms with Gasteiger partial charge in [0.25, 0.3) is 0 Å². The first-order chi connectivity index (χ1) is 13.5. The number of fused-ring (bicyclic) bond motifs is 1. The predicted molar refractivity (Wildman–Crippen MR) is 111 cm³/mol. The Hall–Kier alpha value is -2.99. The number of amides is 2. The van der Waals surface area contributed by atoms with Gasteiger partial charge in [0, 0.05) is 36.3 Å². The average molecular weight is 400 g/mol. The van der Waals surface area contributed by atoms with E-state index in [1.807, 2.05) is 30.5 Å². The van der Waals surface area contributed by atoms with Crippen molar-refractivity contribution in [3.63, 3.8) is 0 Å². The Morgan fingerprint density at radius 2 is 2.00 bits per heavy atom. The molecule has 146 valence electrons. The molecule has 0 aliphatic rings. The van der Waals surface area contributed by atoms with Gasteiger partial charge in [-0.25, -0.2) is 0 Å². The number of nitrogens with one attached hydrogen (secondary N) is 2. The highest BCUT2D eigenvalue weighted by atomic mass is 35.5. The fourth-order valence-corrected chi connectivity index (χ4v) is 3.32. The number of benzene rings is 2. The summed E-state index contributed by atoms with van der Waals surface area (Å²) >= 11 is 6.08. The summed E-state index contributed by atoms with van der Waals surface area (Å²) in [7, 11) is 1.53. The maximum absolute atomic E-state index is 12.4. The van der Waals surface area contributed by atoms with Crippen molar-refractivity contribution in [1.29, 1.82) is 0 Å². The lowest BCUT2D eigenvalue weighted by atomic mass is 10.1. The van der Waals surface area contributed by atoms with Crippen molar-refractivity contribution in [2.24, 2.45) is 0 Å². The normalized spacial score (nSPS) is 10.7. The minimum Gasteiger partial charge on any atom is -0.495 e. The minimum absolute atomic E-state index is 0.0265. The van der Waals surface area contributed by atoms with E-state index < -0.39 is 0 Å². The number of anilines is 1. The molecule has 0 radical (unpaired) electrons. The van der Waals surface area contributed by atoms with Crippen LogP contribution in [0.2, 0.25) is 5.02 Å². The lowest BCUT2D eigenvalue weighted by molar-refractivity contribution is -0.132. The Bertz CT molecular complexity index is 999. The van der Waals surface area contributed by atoms with Gasteiger partial charge in [-0.15, -0.1) is 0 Å². The lowest BCUT2D eigenvalue weighted by Crippen LogP contribution is -2.37. The molecule has 1 aromatic heterocycles. The van der Waals surface area contributed by atoms with Crippen molar-refractivity contribution in [2.75, 3.05) is 25.5 Å². The Balaban J connectivity index is 1.61. The highest BCUT2D eigenvalue weighted by molar-refractivity contribution is 6.32. The molecule has 6 nitrogen and oxygen atoms in total. The topological polar surface area (TPSA) is 74.4 Å². The van der Waals surface area contributed by atoms with Crippen molar-refractivity contribution < 1.29 is 14.3 Å². The van der Waals surface area contributed by atoms with E-state index in [0.717, 1.165) is 16.5 Å². The molecule has 0 saturated carbocycles. The number of nitrogens with zero attached hydrogens (tertiary/aromatic N) is 1. The monoisotopic (exact) mass is 399 g/mol. The van der Waals surface area contributed by atoms with E-state index in [1.54, 1.807) is 18.2 Å². The molecule has 2 N–H and O–H groups in total. The number of hydrogen-bond acceptors (Lipinski definition) is 3. The molecule has 7 heteroatoms. The van der Waals surface area contributed by atoms with Gasteiger partial charge in [0.1, 0.15) is 5.75 Å². The SMILES string of the molecule is COc1ccc(NC(=O)CN(CCc2c[nH]c3ccccc23)C(C)=O)cc1Cl. The van der Waals surface area contributed by atoms with Crippen LogP contribution in [0.3, 0.4) is 0 Å². The van der Waals surface area contributed by atoms with Crippen molar-refractivity contribution in [1.82, 2.24) is 9.88 Å².